The number of rotatable bonds is 7. The molecule has 4 rings (SSSR count). The van der Waals surface area contributed by atoms with Gasteiger partial charge >= 0.3 is 0 Å². The highest BCUT2D eigenvalue weighted by atomic mass is 16.2. The molecule has 0 aromatic heterocycles. The number of amides is 3. The summed E-state index contributed by atoms with van der Waals surface area (Å²) in [7, 11) is 0. The number of benzene rings is 1. The Morgan fingerprint density at radius 3 is 1.07 bits per heavy atom. The van der Waals surface area contributed by atoms with Crippen LogP contribution in [0.25, 0.3) is 0 Å². The first-order chi connectivity index (χ1) is 20.2. The summed E-state index contributed by atoms with van der Waals surface area (Å²) in [6.45, 7) is 16.0. The number of anilines is 3. The molecular formula is C37H59N3O3. The Balaban J connectivity index is 1.45. The average Bonchev–Trinajstić information content (AvgIpc) is 2.96. The molecule has 0 radical (unpaired) electrons. The molecule has 3 aliphatic rings. The van der Waals surface area contributed by atoms with Crippen LogP contribution in [-0.4, -0.2) is 17.7 Å². The van der Waals surface area contributed by atoms with E-state index in [-0.39, 0.29) is 46.3 Å². The minimum atomic E-state index is -0.0124. The Hall–Kier alpha value is -2.37. The Morgan fingerprint density at radius 1 is 0.535 bits per heavy atom. The zero-order valence-corrected chi connectivity index (χ0v) is 28.1. The van der Waals surface area contributed by atoms with E-state index < -0.39 is 0 Å². The molecule has 3 aliphatic carbocycles. The summed E-state index contributed by atoms with van der Waals surface area (Å²) in [5, 5.41) is 9.43. The van der Waals surface area contributed by atoms with Gasteiger partial charge in [-0.15, -0.1) is 0 Å². The third-order valence-corrected chi connectivity index (χ3v) is 11.2. The van der Waals surface area contributed by atoms with Crippen molar-refractivity contribution >= 4 is 34.8 Å². The second-order valence-corrected chi connectivity index (χ2v) is 16.2. The van der Waals surface area contributed by atoms with Crippen LogP contribution in [0, 0.1) is 46.3 Å². The van der Waals surface area contributed by atoms with Gasteiger partial charge in [-0.3, -0.25) is 14.4 Å². The van der Waals surface area contributed by atoms with Gasteiger partial charge in [0, 0.05) is 34.8 Å². The third kappa shape index (κ3) is 9.31. The van der Waals surface area contributed by atoms with Gasteiger partial charge < -0.3 is 16.0 Å². The largest absolute Gasteiger partial charge is 0.326 e. The number of carbonyl (C=O) groups excluding carboxylic acids is 3. The zero-order chi connectivity index (χ0) is 31.4. The van der Waals surface area contributed by atoms with Gasteiger partial charge in [-0.25, -0.2) is 0 Å². The standard InChI is InChI=1S/C37H59N3O3/c1-8-24-9-11-25(12-10-24)33(41)38-30-21-31(39-34(42)26-13-17-28(18-14-26)36(2,3)4)23-32(22-30)40-35(43)27-15-19-29(20-16-27)37(5,6)7/h21-29H,8-20H2,1-7H3,(H,38,41)(H,39,42)(H,40,43)/t24-,25-,26-,27-,28+,29+. The molecule has 3 N–H and O–H groups in total. The first kappa shape index (κ1) is 33.5. The number of carbonyl (C=O) groups is 3. The van der Waals surface area contributed by atoms with Crippen LogP contribution in [0.1, 0.15) is 132 Å². The van der Waals surface area contributed by atoms with Crippen molar-refractivity contribution in [2.75, 3.05) is 16.0 Å². The molecule has 6 nitrogen and oxygen atoms in total. The Morgan fingerprint density at radius 2 is 0.814 bits per heavy atom. The number of hydrogen-bond acceptors (Lipinski definition) is 3. The quantitative estimate of drug-likeness (QED) is 0.294. The van der Waals surface area contributed by atoms with E-state index in [0.29, 0.717) is 28.9 Å². The molecular weight excluding hydrogens is 534 g/mol. The highest BCUT2D eigenvalue weighted by Gasteiger charge is 2.34. The van der Waals surface area contributed by atoms with Crippen molar-refractivity contribution in [1.29, 1.82) is 0 Å². The van der Waals surface area contributed by atoms with Crippen molar-refractivity contribution in [3.05, 3.63) is 18.2 Å². The van der Waals surface area contributed by atoms with Gasteiger partial charge in [-0.1, -0.05) is 54.9 Å². The Labute approximate surface area is 261 Å². The molecule has 0 bridgehead atoms. The molecule has 3 saturated carbocycles. The number of nitrogens with one attached hydrogen (secondary N) is 3. The summed E-state index contributed by atoms with van der Waals surface area (Å²) in [4.78, 5) is 40.0. The molecule has 1 aromatic carbocycles. The molecule has 0 spiro atoms. The van der Waals surface area contributed by atoms with Gasteiger partial charge in [0.05, 0.1) is 0 Å². The Bertz CT molecular complexity index is 1040. The van der Waals surface area contributed by atoms with Crippen LogP contribution in [0.2, 0.25) is 0 Å². The van der Waals surface area contributed by atoms with E-state index in [1.165, 1.54) is 6.42 Å². The lowest BCUT2D eigenvalue weighted by atomic mass is 9.69. The fourth-order valence-corrected chi connectivity index (χ4v) is 7.85. The van der Waals surface area contributed by atoms with Crippen molar-refractivity contribution in [2.45, 2.75) is 132 Å². The first-order valence-electron chi connectivity index (χ1n) is 17.3. The van der Waals surface area contributed by atoms with Crippen molar-refractivity contribution in [1.82, 2.24) is 0 Å². The van der Waals surface area contributed by atoms with Gasteiger partial charge in [0.25, 0.3) is 0 Å². The van der Waals surface area contributed by atoms with Crippen molar-refractivity contribution in [3.63, 3.8) is 0 Å². The summed E-state index contributed by atoms with van der Waals surface area (Å²) >= 11 is 0. The van der Waals surface area contributed by atoms with Crippen LogP contribution >= 0.6 is 0 Å². The highest BCUT2D eigenvalue weighted by molar-refractivity contribution is 5.99. The zero-order valence-electron chi connectivity index (χ0n) is 28.1. The summed E-state index contributed by atoms with van der Waals surface area (Å²) in [5.41, 5.74) is 2.42. The van der Waals surface area contributed by atoms with E-state index in [4.69, 9.17) is 0 Å². The smallest absolute Gasteiger partial charge is 0.227 e. The monoisotopic (exact) mass is 593 g/mol. The van der Waals surface area contributed by atoms with E-state index in [9.17, 15) is 14.4 Å². The van der Waals surface area contributed by atoms with E-state index in [1.807, 2.05) is 18.2 Å². The van der Waals surface area contributed by atoms with Gasteiger partial charge in [-0.2, -0.15) is 0 Å². The summed E-state index contributed by atoms with van der Waals surface area (Å²) in [5.74, 6) is 2.10. The molecule has 3 amide bonds. The second-order valence-electron chi connectivity index (χ2n) is 16.2. The van der Waals surface area contributed by atoms with Crippen molar-refractivity contribution in [2.24, 2.45) is 46.3 Å². The van der Waals surface area contributed by atoms with Crippen LogP contribution in [0.15, 0.2) is 18.2 Å². The lowest BCUT2D eigenvalue weighted by molar-refractivity contribution is -0.122. The molecule has 3 fully saturated rings. The minimum Gasteiger partial charge on any atom is -0.326 e. The van der Waals surface area contributed by atoms with Gasteiger partial charge in [0.2, 0.25) is 17.7 Å². The first-order valence-corrected chi connectivity index (χ1v) is 17.3. The lowest BCUT2D eigenvalue weighted by Crippen LogP contribution is -2.32. The molecule has 1 aromatic rings. The van der Waals surface area contributed by atoms with E-state index in [1.54, 1.807) is 0 Å². The van der Waals surface area contributed by atoms with Crippen LogP contribution in [-0.2, 0) is 14.4 Å². The van der Waals surface area contributed by atoms with Gasteiger partial charge in [0.15, 0.2) is 0 Å². The second kappa shape index (κ2) is 14.2. The van der Waals surface area contributed by atoms with E-state index in [2.05, 4.69) is 64.4 Å². The van der Waals surface area contributed by atoms with Crippen LogP contribution < -0.4 is 16.0 Å². The normalized spacial score (nSPS) is 28.5. The van der Waals surface area contributed by atoms with Crippen molar-refractivity contribution in [3.8, 4) is 0 Å². The highest BCUT2D eigenvalue weighted by Crippen LogP contribution is 2.41. The summed E-state index contributed by atoms with van der Waals surface area (Å²) in [6, 6.07) is 5.54. The van der Waals surface area contributed by atoms with Gasteiger partial charge in [-0.05, 0) is 124 Å². The average molecular weight is 594 g/mol. The lowest BCUT2D eigenvalue weighted by Gasteiger charge is -2.36. The molecule has 0 atom stereocenters. The van der Waals surface area contributed by atoms with Crippen LogP contribution in [0.5, 0.6) is 0 Å². The molecule has 240 valence electrons. The summed E-state index contributed by atoms with van der Waals surface area (Å²) in [6.07, 6.45) is 13.0. The van der Waals surface area contributed by atoms with E-state index >= 15 is 0 Å². The fraction of sp³-hybridized carbons (Fsp3) is 0.757. The predicted octanol–water partition coefficient (Wildman–Crippen LogP) is 9.42. The SMILES string of the molecule is CC[C@H]1CC[C@H](C(=O)Nc2cc(NC(=O)[C@H]3CC[C@@H](C(C)(C)C)CC3)cc(NC(=O)[C@H]3CC[C@@H](C(C)(C)C)CC3)c2)CC1. The minimum absolute atomic E-state index is 0.00934. The van der Waals surface area contributed by atoms with Crippen LogP contribution in [0.4, 0.5) is 17.1 Å². The number of hydrogen-bond donors (Lipinski definition) is 3. The van der Waals surface area contributed by atoms with Gasteiger partial charge in [0.1, 0.15) is 0 Å². The molecule has 6 heteroatoms. The molecule has 0 heterocycles. The van der Waals surface area contributed by atoms with E-state index in [0.717, 1.165) is 83.0 Å². The maximum absolute atomic E-state index is 13.4. The van der Waals surface area contributed by atoms with Crippen LogP contribution in [0.3, 0.4) is 0 Å². The Kier molecular flexibility index (Phi) is 11.0. The van der Waals surface area contributed by atoms with Crippen molar-refractivity contribution < 1.29 is 14.4 Å². The molecule has 0 unspecified atom stereocenters. The topological polar surface area (TPSA) is 87.3 Å². The maximum Gasteiger partial charge on any atom is 0.227 e. The third-order valence-electron chi connectivity index (χ3n) is 11.2. The summed E-state index contributed by atoms with van der Waals surface area (Å²) < 4.78 is 0. The maximum atomic E-state index is 13.4. The molecule has 0 saturated heterocycles. The molecule has 0 aliphatic heterocycles. The predicted molar refractivity (Wildman–Crippen MR) is 178 cm³/mol. The molecule has 43 heavy (non-hydrogen) atoms. The fourth-order valence-electron chi connectivity index (χ4n) is 7.85.